The Labute approximate surface area is 204 Å². The van der Waals surface area contributed by atoms with Crippen molar-refractivity contribution in [3.05, 3.63) is 45.7 Å². The van der Waals surface area contributed by atoms with Gasteiger partial charge in [-0.25, -0.2) is 4.98 Å². The third-order valence-corrected chi connectivity index (χ3v) is 6.52. The highest BCUT2D eigenvalue weighted by Crippen LogP contribution is 2.30. The summed E-state index contributed by atoms with van der Waals surface area (Å²) < 4.78 is 12.7. The number of nitrogens with one attached hydrogen (secondary N) is 1. The van der Waals surface area contributed by atoms with Crippen molar-refractivity contribution in [2.75, 3.05) is 17.7 Å². The summed E-state index contributed by atoms with van der Waals surface area (Å²) >= 11 is 8.72. The lowest BCUT2D eigenvalue weighted by atomic mass is 10.2. The van der Waals surface area contributed by atoms with Crippen molar-refractivity contribution >= 4 is 51.7 Å². The summed E-state index contributed by atoms with van der Waals surface area (Å²) in [5.74, 6) is 0.720. The summed E-state index contributed by atoms with van der Waals surface area (Å²) in [5, 5.41) is 14.4. The molecule has 3 aromatic rings. The van der Waals surface area contributed by atoms with Gasteiger partial charge in [0.05, 0.1) is 29.5 Å². The second kappa shape index (κ2) is 11.5. The zero-order chi connectivity index (χ0) is 24.0. The Morgan fingerprint density at radius 1 is 1.33 bits per heavy atom. The summed E-state index contributed by atoms with van der Waals surface area (Å²) in [6.07, 6.45) is -0.317. The number of amides is 1. The van der Waals surface area contributed by atoms with E-state index in [1.807, 2.05) is 33.0 Å². The molecule has 12 heteroatoms. The largest absolute Gasteiger partial charge is 0.481 e. The van der Waals surface area contributed by atoms with Gasteiger partial charge < -0.3 is 19.4 Å². The molecule has 1 unspecified atom stereocenters. The molecule has 176 valence electrons. The molecule has 0 bridgehead atoms. The number of halogens is 1. The number of thiazole rings is 1. The molecule has 0 saturated carbocycles. The number of anilines is 1. The van der Waals surface area contributed by atoms with E-state index in [9.17, 15) is 9.59 Å². The van der Waals surface area contributed by atoms with E-state index in [4.69, 9.17) is 21.1 Å². The van der Waals surface area contributed by atoms with E-state index in [-0.39, 0.29) is 24.1 Å². The second-order valence-electron chi connectivity index (χ2n) is 7.06. The minimum Gasteiger partial charge on any atom is -0.481 e. The van der Waals surface area contributed by atoms with E-state index in [0.717, 1.165) is 5.56 Å². The van der Waals surface area contributed by atoms with E-state index in [0.29, 0.717) is 39.2 Å². The van der Waals surface area contributed by atoms with Gasteiger partial charge in [0, 0.05) is 12.4 Å². The van der Waals surface area contributed by atoms with Crippen LogP contribution in [0, 0.1) is 6.92 Å². The number of hydrogen-bond donors (Lipinski definition) is 1. The number of aromatic nitrogens is 4. The predicted molar refractivity (Wildman–Crippen MR) is 128 cm³/mol. The lowest BCUT2D eigenvalue weighted by Gasteiger charge is -2.15. The Bertz CT molecular complexity index is 1130. The van der Waals surface area contributed by atoms with E-state index >= 15 is 0 Å². The smallest absolute Gasteiger partial charge is 0.311 e. The van der Waals surface area contributed by atoms with Gasteiger partial charge in [0.25, 0.3) is 0 Å². The van der Waals surface area contributed by atoms with Crippen LogP contribution in [-0.2, 0) is 27.8 Å². The lowest BCUT2D eigenvalue weighted by molar-refractivity contribution is -0.142. The van der Waals surface area contributed by atoms with Gasteiger partial charge in [-0.05, 0) is 38.5 Å². The molecule has 1 amide bonds. The van der Waals surface area contributed by atoms with Crippen LogP contribution in [0.2, 0.25) is 5.02 Å². The number of carbonyl (C=O) groups excluding carboxylic acids is 2. The van der Waals surface area contributed by atoms with Crippen molar-refractivity contribution in [1.29, 1.82) is 0 Å². The molecule has 0 saturated heterocycles. The van der Waals surface area contributed by atoms with Crippen LogP contribution in [0.25, 0.3) is 0 Å². The van der Waals surface area contributed by atoms with Crippen molar-refractivity contribution in [2.45, 2.75) is 38.5 Å². The van der Waals surface area contributed by atoms with Crippen LogP contribution < -0.4 is 10.1 Å². The number of hydrogen-bond acceptors (Lipinski definition) is 9. The van der Waals surface area contributed by atoms with Crippen molar-refractivity contribution in [3.63, 3.8) is 0 Å². The molecule has 0 radical (unpaired) electrons. The predicted octanol–water partition coefficient (Wildman–Crippen LogP) is 4.21. The van der Waals surface area contributed by atoms with E-state index in [1.54, 1.807) is 22.9 Å². The lowest BCUT2D eigenvalue weighted by Crippen LogP contribution is -2.15. The van der Waals surface area contributed by atoms with Crippen LogP contribution in [0.5, 0.6) is 5.75 Å². The van der Waals surface area contributed by atoms with Crippen molar-refractivity contribution < 1.29 is 19.1 Å². The number of benzene rings is 1. The number of carbonyl (C=O) groups is 2. The molecule has 0 spiro atoms. The third-order valence-electron chi connectivity index (χ3n) is 4.38. The molecule has 0 fully saturated rings. The molecule has 1 atom stereocenters. The maximum Gasteiger partial charge on any atom is 0.311 e. The minimum absolute atomic E-state index is 0.0741. The first kappa shape index (κ1) is 25.0. The summed E-state index contributed by atoms with van der Waals surface area (Å²) in [7, 11) is 1.82. The molecule has 0 aliphatic heterocycles. The Balaban J connectivity index is 1.54. The van der Waals surface area contributed by atoms with Gasteiger partial charge in [0.15, 0.2) is 22.2 Å². The summed E-state index contributed by atoms with van der Waals surface area (Å²) in [5.41, 5.74) is 1.59. The Morgan fingerprint density at radius 2 is 2.12 bits per heavy atom. The molecule has 3 rings (SSSR count). The first-order chi connectivity index (χ1) is 15.8. The van der Waals surface area contributed by atoms with Gasteiger partial charge in [0.2, 0.25) is 5.91 Å². The fourth-order valence-corrected chi connectivity index (χ4v) is 4.45. The number of thioether (sulfide) groups is 1. The summed E-state index contributed by atoms with van der Waals surface area (Å²) in [6, 6.07) is 5.57. The Hall–Kier alpha value is -2.63. The Morgan fingerprint density at radius 3 is 2.88 bits per heavy atom. The maximum absolute atomic E-state index is 12.3. The molecular weight excluding hydrogens is 486 g/mol. The zero-order valence-electron chi connectivity index (χ0n) is 18.6. The second-order valence-corrected chi connectivity index (χ2v) is 9.26. The number of ether oxygens (including phenoxy) is 2. The maximum atomic E-state index is 12.3. The van der Waals surface area contributed by atoms with Crippen LogP contribution in [0.15, 0.2) is 28.7 Å². The van der Waals surface area contributed by atoms with Crippen molar-refractivity contribution in [1.82, 2.24) is 19.7 Å². The average molecular weight is 510 g/mol. The third kappa shape index (κ3) is 6.92. The van der Waals surface area contributed by atoms with E-state index in [1.165, 1.54) is 23.1 Å². The first-order valence-electron chi connectivity index (χ1n) is 10.1. The van der Waals surface area contributed by atoms with Crippen LogP contribution in [-0.4, -0.2) is 44.0 Å². The fourth-order valence-electron chi connectivity index (χ4n) is 2.84. The molecule has 0 aliphatic carbocycles. The molecule has 0 aliphatic rings. The van der Waals surface area contributed by atoms with Crippen LogP contribution in [0.1, 0.15) is 37.0 Å². The van der Waals surface area contributed by atoms with Crippen LogP contribution in [0.4, 0.5) is 5.13 Å². The van der Waals surface area contributed by atoms with Gasteiger partial charge in [-0.2, -0.15) is 0 Å². The highest BCUT2D eigenvalue weighted by atomic mass is 35.5. The quantitative estimate of drug-likeness (QED) is 0.320. The number of rotatable bonds is 10. The monoisotopic (exact) mass is 509 g/mol. The van der Waals surface area contributed by atoms with Crippen LogP contribution in [0.3, 0.4) is 0 Å². The van der Waals surface area contributed by atoms with Crippen molar-refractivity contribution in [3.8, 4) is 5.75 Å². The van der Waals surface area contributed by atoms with Gasteiger partial charge in [-0.15, -0.1) is 21.5 Å². The summed E-state index contributed by atoms with van der Waals surface area (Å²) in [6.45, 7) is 5.89. The van der Waals surface area contributed by atoms with Crippen molar-refractivity contribution in [2.24, 2.45) is 7.05 Å². The highest BCUT2D eigenvalue weighted by Gasteiger charge is 2.19. The minimum atomic E-state index is -0.391. The van der Waals surface area contributed by atoms with Crippen LogP contribution >= 0.6 is 34.7 Å². The molecule has 9 nitrogen and oxygen atoms in total. The van der Waals surface area contributed by atoms with Gasteiger partial charge in [-0.3, -0.25) is 9.59 Å². The average Bonchev–Trinajstić information content (AvgIpc) is 3.35. The first-order valence-corrected chi connectivity index (χ1v) is 12.4. The van der Waals surface area contributed by atoms with Gasteiger partial charge in [-0.1, -0.05) is 29.4 Å². The number of aryl methyl sites for hydroxylation is 1. The molecule has 2 aromatic heterocycles. The zero-order valence-corrected chi connectivity index (χ0v) is 21.0. The van der Waals surface area contributed by atoms with Gasteiger partial charge in [0.1, 0.15) is 5.75 Å². The molecular formula is C21H24ClN5O4S2. The number of esters is 1. The molecule has 33 heavy (non-hydrogen) atoms. The molecule has 2 heterocycles. The fraction of sp³-hybridized carbons (Fsp3) is 0.381. The van der Waals surface area contributed by atoms with Gasteiger partial charge >= 0.3 is 5.97 Å². The molecule has 1 aromatic carbocycles. The molecule has 1 N–H and O–H groups in total. The highest BCUT2D eigenvalue weighted by molar-refractivity contribution is 7.99. The van der Waals surface area contributed by atoms with E-state index < -0.39 is 6.10 Å². The topological polar surface area (TPSA) is 108 Å². The normalized spacial score (nSPS) is 11.8. The number of nitrogens with zero attached hydrogens (tertiary/aromatic N) is 4. The van der Waals surface area contributed by atoms with E-state index in [2.05, 4.69) is 20.5 Å². The summed E-state index contributed by atoms with van der Waals surface area (Å²) in [4.78, 5) is 28.1. The Kier molecular flexibility index (Phi) is 8.70. The SMILES string of the molecule is CCOC(=O)Cc1csc(NC(=O)CSc2nnc(C(C)Oc3cc(C)ccc3Cl)n2C)n1. The standard InChI is InChI=1S/C21H24ClN5O4S2/c1-5-30-18(29)9-14-10-32-20(23-14)24-17(28)11-33-21-26-25-19(27(21)4)13(3)31-16-8-12(2)6-7-15(16)22/h6-8,10,13H,5,9,11H2,1-4H3,(H,23,24,28).